The number of nitrogens with zero attached hydrogens (tertiary/aromatic N) is 1. The number of halogens is 1. The predicted molar refractivity (Wildman–Crippen MR) is 62.5 cm³/mol. The number of benzene rings is 1. The molecular formula is C11H9FN2O2S. The van der Waals surface area contributed by atoms with Crippen LogP contribution in [0.4, 0.5) is 4.39 Å². The minimum atomic E-state index is -0.437. The molecule has 0 fully saturated rings. The van der Waals surface area contributed by atoms with Crippen LogP contribution in [0.25, 0.3) is 0 Å². The van der Waals surface area contributed by atoms with Crippen LogP contribution in [0.15, 0.2) is 40.3 Å². The lowest BCUT2D eigenvalue weighted by molar-refractivity contribution is 0.444. The zero-order valence-electron chi connectivity index (χ0n) is 8.68. The fraction of sp³-hybridized carbons (Fsp3) is 0.0909. The van der Waals surface area contributed by atoms with E-state index in [1.165, 1.54) is 6.07 Å². The van der Waals surface area contributed by atoms with Crippen molar-refractivity contribution in [2.45, 2.75) is 10.9 Å². The minimum absolute atomic E-state index is 0.262. The first kappa shape index (κ1) is 11.7. The van der Waals surface area contributed by atoms with Crippen molar-refractivity contribution in [1.82, 2.24) is 9.97 Å². The molecule has 0 amide bonds. The van der Waals surface area contributed by atoms with Crippen LogP contribution in [0, 0.1) is 5.82 Å². The average molecular weight is 252 g/mol. The molecule has 0 aliphatic heterocycles. The van der Waals surface area contributed by atoms with Gasteiger partial charge in [0.1, 0.15) is 5.82 Å². The van der Waals surface area contributed by atoms with E-state index in [0.29, 0.717) is 11.3 Å². The molecule has 88 valence electrons. The Morgan fingerprint density at radius 2 is 2.18 bits per heavy atom. The molecule has 0 aliphatic carbocycles. The van der Waals surface area contributed by atoms with Gasteiger partial charge in [-0.15, -0.1) is 0 Å². The number of rotatable bonds is 3. The maximum absolute atomic E-state index is 13.3. The molecule has 0 bridgehead atoms. The van der Waals surface area contributed by atoms with E-state index in [9.17, 15) is 9.18 Å². The van der Waals surface area contributed by atoms with Crippen LogP contribution < -0.4 is 5.56 Å². The second kappa shape index (κ2) is 5.01. The van der Waals surface area contributed by atoms with E-state index in [1.54, 1.807) is 18.2 Å². The molecule has 2 N–H and O–H groups in total. The third-order valence-corrected chi connectivity index (χ3v) is 2.95. The van der Waals surface area contributed by atoms with Crippen molar-refractivity contribution < 1.29 is 9.50 Å². The summed E-state index contributed by atoms with van der Waals surface area (Å²) in [4.78, 5) is 17.2. The number of hydrogen-bond acceptors (Lipinski definition) is 4. The second-order valence-corrected chi connectivity index (χ2v) is 4.25. The molecular weight excluding hydrogens is 243 g/mol. The first-order valence-corrected chi connectivity index (χ1v) is 5.80. The monoisotopic (exact) mass is 252 g/mol. The SMILES string of the molecule is O=c1cc(O)nc(SCc2ccccc2F)[nH]1. The lowest BCUT2D eigenvalue weighted by Gasteiger charge is -2.02. The quantitative estimate of drug-likeness (QED) is 0.647. The molecule has 0 radical (unpaired) electrons. The van der Waals surface area contributed by atoms with Crippen LogP contribution >= 0.6 is 11.8 Å². The topological polar surface area (TPSA) is 66.0 Å². The summed E-state index contributed by atoms with van der Waals surface area (Å²) in [6.07, 6.45) is 0. The first-order chi connectivity index (χ1) is 8.15. The molecule has 0 spiro atoms. The van der Waals surface area contributed by atoms with Crippen LogP contribution in [0.3, 0.4) is 0 Å². The standard InChI is InChI=1S/C11H9FN2O2S/c12-8-4-2-1-3-7(8)6-17-11-13-9(15)5-10(16)14-11/h1-5H,6H2,(H2,13,14,15,16). The number of nitrogens with one attached hydrogen (secondary N) is 1. The van der Waals surface area contributed by atoms with Gasteiger partial charge in [-0.25, -0.2) is 4.39 Å². The van der Waals surface area contributed by atoms with E-state index < -0.39 is 5.56 Å². The first-order valence-electron chi connectivity index (χ1n) is 4.81. The summed E-state index contributed by atoms with van der Waals surface area (Å²) in [7, 11) is 0. The normalized spacial score (nSPS) is 10.4. The largest absolute Gasteiger partial charge is 0.493 e. The van der Waals surface area contributed by atoms with Crippen LogP contribution in [0.1, 0.15) is 5.56 Å². The van der Waals surface area contributed by atoms with Gasteiger partial charge in [-0.2, -0.15) is 4.98 Å². The van der Waals surface area contributed by atoms with Crippen LogP contribution in [0.2, 0.25) is 0 Å². The van der Waals surface area contributed by atoms with Crippen molar-refractivity contribution in [1.29, 1.82) is 0 Å². The number of thioether (sulfide) groups is 1. The van der Waals surface area contributed by atoms with Crippen LogP contribution in [-0.2, 0) is 5.75 Å². The Balaban J connectivity index is 2.13. The third-order valence-electron chi connectivity index (χ3n) is 2.03. The van der Waals surface area contributed by atoms with Crippen LogP contribution in [-0.4, -0.2) is 15.1 Å². The van der Waals surface area contributed by atoms with E-state index in [2.05, 4.69) is 9.97 Å². The lowest BCUT2D eigenvalue weighted by Crippen LogP contribution is -2.06. The average Bonchev–Trinajstić information content (AvgIpc) is 2.27. The molecule has 0 atom stereocenters. The molecule has 1 heterocycles. The number of aromatic amines is 1. The molecule has 0 unspecified atom stereocenters. The summed E-state index contributed by atoms with van der Waals surface area (Å²) in [5.41, 5.74) is 0.0806. The summed E-state index contributed by atoms with van der Waals surface area (Å²) in [6, 6.07) is 7.35. The van der Waals surface area contributed by atoms with E-state index >= 15 is 0 Å². The Bertz CT molecular complexity index is 586. The minimum Gasteiger partial charge on any atom is -0.493 e. The second-order valence-electron chi connectivity index (χ2n) is 3.29. The van der Waals surface area contributed by atoms with Gasteiger partial charge in [-0.3, -0.25) is 4.79 Å². The van der Waals surface area contributed by atoms with Gasteiger partial charge >= 0.3 is 0 Å². The molecule has 1 aromatic carbocycles. The van der Waals surface area contributed by atoms with E-state index in [4.69, 9.17) is 5.11 Å². The summed E-state index contributed by atoms with van der Waals surface area (Å²) < 4.78 is 13.3. The van der Waals surface area contributed by atoms with Gasteiger partial charge in [-0.05, 0) is 11.6 Å². The molecule has 2 rings (SSSR count). The predicted octanol–water partition coefficient (Wildman–Crippen LogP) is 1.91. The van der Waals surface area contributed by atoms with Gasteiger partial charge in [-0.1, -0.05) is 30.0 Å². The summed E-state index contributed by atoms with van der Waals surface area (Å²) in [6.45, 7) is 0. The summed E-state index contributed by atoms with van der Waals surface area (Å²) >= 11 is 1.15. The maximum Gasteiger partial charge on any atom is 0.255 e. The number of aromatic hydroxyl groups is 1. The zero-order valence-corrected chi connectivity index (χ0v) is 9.50. The van der Waals surface area contributed by atoms with Crippen molar-refractivity contribution in [3.8, 4) is 5.88 Å². The highest BCUT2D eigenvalue weighted by Crippen LogP contribution is 2.20. The van der Waals surface area contributed by atoms with Crippen molar-refractivity contribution in [3.63, 3.8) is 0 Å². The molecule has 1 aromatic heterocycles. The van der Waals surface area contributed by atoms with Gasteiger partial charge in [0, 0.05) is 5.75 Å². The molecule has 0 aliphatic rings. The maximum atomic E-state index is 13.3. The highest BCUT2D eigenvalue weighted by Gasteiger charge is 2.04. The molecule has 6 heteroatoms. The van der Waals surface area contributed by atoms with Gasteiger partial charge in [0.2, 0.25) is 5.88 Å². The highest BCUT2D eigenvalue weighted by atomic mass is 32.2. The van der Waals surface area contributed by atoms with Gasteiger partial charge in [0.15, 0.2) is 5.16 Å². The Hall–Kier alpha value is -1.82. The summed E-state index contributed by atoms with van der Waals surface area (Å²) in [5, 5.41) is 9.39. The van der Waals surface area contributed by atoms with E-state index in [-0.39, 0.29) is 16.9 Å². The third kappa shape index (κ3) is 3.07. The fourth-order valence-electron chi connectivity index (χ4n) is 1.25. The Kier molecular flexibility index (Phi) is 3.43. The smallest absolute Gasteiger partial charge is 0.255 e. The number of aromatic nitrogens is 2. The molecule has 17 heavy (non-hydrogen) atoms. The van der Waals surface area contributed by atoms with Crippen LogP contribution in [0.5, 0.6) is 5.88 Å². The van der Waals surface area contributed by atoms with Gasteiger partial charge in [0.05, 0.1) is 6.07 Å². The molecule has 2 aromatic rings. The van der Waals surface area contributed by atoms with Gasteiger partial charge < -0.3 is 10.1 Å². The summed E-state index contributed by atoms with van der Waals surface area (Å²) in [5.74, 6) is -0.314. The molecule has 0 saturated carbocycles. The van der Waals surface area contributed by atoms with Crippen molar-refractivity contribution >= 4 is 11.8 Å². The Labute approximate surface area is 101 Å². The number of hydrogen-bond donors (Lipinski definition) is 2. The van der Waals surface area contributed by atoms with Crippen molar-refractivity contribution in [2.24, 2.45) is 0 Å². The number of H-pyrrole nitrogens is 1. The zero-order chi connectivity index (χ0) is 12.3. The van der Waals surface area contributed by atoms with Crippen molar-refractivity contribution in [3.05, 3.63) is 52.1 Å². The lowest BCUT2D eigenvalue weighted by atomic mass is 10.2. The highest BCUT2D eigenvalue weighted by molar-refractivity contribution is 7.98. The van der Waals surface area contributed by atoms with Gasteiger partial charge in [0.25, 0.3) is 5.56 Å². The van der Waals surface area contributed by atoms with E-state index in [1.807, 2.05) is 0 Å². The Morgan fingerprint density at radius 3 is 2.88 bits per heavy atom. The molecule has 4 nitrogen and oxygen atoms in total. The van der Waals surface area contributed by atoms with Crippen molar-refractivity contribution in [2.75, 3.05) is 0 Å². The molecule has 0 saturated heterocycles. The van der Waals surface area contributed by atoms with E-state index in [0.717, 1.165) is 17.8 Å². The fourth-order valence-corrected chi connectivity index (χ4v) is 2.11. The Morgan fingerprint density at radius 1 is 1.41 bits per heavy atom.